The Morgan fingerprint density at radius 3 is 2.28 bits per heavy atom. The number of halogens is 3. The minimum atomic E-state index is -4.33. The SMILES string of the molecule is COc1ccc(CCn2c(CO)cnc2SCc2ccc(C(F)(F)F)cc2)cc1. The van der Waals surface area contributed by atoms with Crippen LogP contribution in [0.4, 0.5) is 13.2 Å². The van der Waals surface area contributed by atoms with Gasteiger partial charge < -0.3 is 14.4 Å². The van der Waals surface area contributed by atoms with Crippen molar-refractivity contribution in [2.45, 2.75) is 36.7 Å². The third kappa shape index (κ3) is 5.55. The van der Waals surface area contributed by atoms with Gasteiger partial charge in [0.05, 0.1) is 31.2 Å². The lowest BCUT2D eigenvalue weighted by Crippen LogP contribution is -2.07. The molecule has 29 heavy (non-hydrogen) atoms. The normalized spacial score (nSPS) is 11.6. The maximum absolute atomic E-state index is 12.7. The van der Waals surface area contributed by atoms with Crippen LogP contribution in [0.1, 0.15) is 22.4 Å². The molecule has 8 heteroatoms. The van der Waals surface area contributed by atoms with Crippen LogP contribution in [0.5, 0.6) is 5.75 Å². The number of rotatable bonds is 8. The first-order chi connectivity index (χ1) is 13.9. The van der Waals surface area contributed by atoms with E-state index < -0.39 is 11.7 Å². The number of methoxy groups -OCH3 is 1. The summed E-state index contributed by atoms with van der Waals surface area (Å²) in [6, 6.07) is 12.9. The van der Waals surface area contributed by atoms with Crippen LogP contribution >= 0.6 is 11.8 Å². The van der Waals surface area contributed by atoms with E-state index in [1.54, 1.807) is 13.3 Å². The van der Waals surface area contributed by atoms with Crippen molar-refractivity contribution in [1.29, 1.82) is 0 Å². The molecule has 0 atom stereocenters. The van der Waals surface area contributed by atoms with Crippen LogP contribution in [-0.4, -0.2) is 21.8 Å². The molecule has 3 aromatic rings. The number of aryl methyl sites for hydroxylation is 1. The summed E-state index contributed by atoms with van der Waals surface area (Å²) in [7, 11) is 1.62. The molecule has 154 valence electrons. The quantitative estimate of drug-likeness (QED) is 0.523. The van der Waals surface area contributed by atoms with Crippen LogP contribution < -0.4 is 4.74 Å². The number of alkyl halides is 3. The van der Waals surface area contributed by atoms with Crippen molar-refractivity contribution >= 4 is 11.8 Å². The Morgan fingerprint density at radius 1 is 1.03 bits per heavy atom. The molecule has 0 aliphatic heterocycles. The van der Waals surface area contributed by atoms with Gasteiger partial charge in [-0.1, -0.05) is 36.0 Å². The number of aliphatic hydroxyl groups excluding tert-OH is 1. The summed E-state index contributed by atoms with van der Waals surface area (Å²) in [5.74, 6) is 1.28. The second-order valence-corrected chi connectivity index (χ2v) is 7.37. The second kappa shape index (κ2) is 9.37. The minimum absolute atomic E-state index is 0.129. The van der Waals surface area contributed by atoms with E-state index in [2.05, 4.69) is 4.98 Å². The molecular weight excluding hydrogens is 401 g/mol. The zero-order valence-electron chi connectivity index (χ0n) is 15.8. The van der Waals surface area contributed by atoms with Crippen molar-refractivity contribution in [3.8, 4) is 5.75 Å². The van der Waals surface area contributed by atoms with E-state index in [0.29, 0.717) is 18.0 Å². The highest BCUT2D eigenvalue weighted by Crippen LogP contribution is 2.30. The van der Waals surface area contributed by atoms with Gasteiger partial charge in [-0.15, -0.1) is 0 Å². The predicted molar refractivity (Wildman–Crippen MR) is 106 cm³/mol. The smallest absolute Gasteiger partial charge is 0.416 e. The lowest BCUT2D eigenvalue weighted by atomic mass is 10.1. The first-order valence-corrected chi connectivity index (χ1v) is 9.96. The highest BCUT2D eigenvalue weighted by Gasteiger charge is 2.29. The van der Waals surface area contributed by atoms with E-state index in [9.17, 15) is 18.3 Å². The van der Waals surface area contributed by atoms with E-state index >= 15 is 0 Å². The van der Waals surface area contributed by atoms with Crippen molar-refractivity contribution in [3.63, 3.8) is 0 Å². The summed E-state index contributed by atoms with van der Waals surface area (Å²) in [6.45, 7) is 0.508. The molecule has 0 bridgehead atoms. The minimum Gasteiger partial charge on any atom is -0.497 e. The average Bonchev–Trinajstić information content (AvgIpc) is 3.12. The number of hydrogen-bond donors (Lipinski definition) is 1. The molecule has 0 aliphatic rings. The highest BCUT2D eigenvalue weighted by atomic mass is 32.2. The van der Waals surface area contributed by atoms with Crippen molar-refractivity contribution in [1.82, 2.24) is 9.55 Å². The molecular formula is C21H21F3N2O2S. The number of aliphatic hydroxyl groups is 1. The van der Waals surface area contributed by atoms with E-state index in [4.69, 9.17) is 4.74 Å². The van der Waals surface area contributed by atoms with Crippen LogP contribution in [0.3, 0.4) is 0 Å². The number of ether oxygens (including phenoxy) is 1. The molecule has 0 amide bonds. The van der Waals surface area contributed by atoms with E-state index in [0.717, 1.165) is 40.6 Å². The van der Waals surface area contributed by atoms with Crippen LogP contribution in [0.2, 0.25) is 0 Å². The lowest BCUT2D eigenvalue weighted by molar-refractivity contribution is -0.137. The van der Waals surface area contributed by atoms with Gasteiger partial charge in [0.25, 0.3) is 0 Å². The van der Waals surface area contributed by atoms with Gasteiger partial charge in [-0.25, -0.2) is 4.98 Å². The third-order valence-electron chi connectivity index (χ3n) is 4.50. The summed E-state index contributed by atoms with van der Waals surface area (Å²) in [5, 5.41) is 10.3. The van der Waals surface area contributed by atoms with Crippen LogP contribution in [0.15, 0.2) is 59.9 Å². The van der Waals surface area contributed by atoms with Crippen LogP contribution in [0.25, 0.3) is 0 Å². The van der Waals surface area contributed by atoms with Crippen molar-refractivity contribution in [2.75, 3.05) is 7.11 Å². The summed E-state index contributed by atoms with van der Waals surface area (Å²) < 4.78 is 45.2. The van der Waals surface area contributed by atoms with Gasteiger partial charge in [0.2, 0.25) is 0 Å². The average molecular weight is 422 g/mol. The highest BCUT2D eigenvalue weighted by molar-refractivity contribution is 7.98. The molecule has 0 spiro atoms. The fourth-order valence-corrected chi connectivity index (χ4v) is 3.82. The van der Waals surface area contributed by atoms with Gasteiger partial charge in [-0.05, 0) is 41.8 Å². The van der Waals surface area contributed by atoms with Gasteiger partial charge in [0, 0.05) is 12.3 Å². The Labute approximate surface area is 171 Å². The summed E-state index contributed by atoms with van der Waals surface area (Å²) in [5.41, 5.74) is 1.95. The Morgan fingerprint density at radius 2 is 1.69 bits per heavy atom. The molecule has 0 saturated heterocycles. The Kier molecular flexibility index (Phi) is 6.87. The summed E-state index contributed by atoms with van der Waals surface area (Å²) in [6.07, 6.45) is -1.95. The Balaban J connectivity index is 1.66. The molecule has 2 aromatic carbocycles. The molecule has 1 heterocycles. The number of nitrogens with zero attached hydrogens (tertiary/aromatic N) is 2. The van der Waals surface area contributed by atoms with Crippen LogP contribution in [-0.2, 0) is 31.5 Å². The molecule has 0 unspecified atom stereocenters. The number of imidazole rings is 1. The maximum Gasteiger partial charge on any atom is 0.416 e. The largest absolute Gasteiger partial charge is 0.497 e. The zero-order valence-corrected chi connectivity index (χ0v) is 16.6. The van der Waals surface area contributed by atoms with Crippen molar-refractivity contribution in [3.05, 3.63) is 77.1 Å². The van der Waals surface area contributed by atoms with E-state index in [1.165, 1.54) is 23.9 Å². The standard InChI is InChI=1S/C21H21F3N2O2S/c1-28-19-8-4-15(5-9-19)10-11-26-18(13-27)12-25-20(26)29-14-16-2-6-17(7-3-16)21(22,23)24/h2-9,12,27H,10-11,13-14H2,1H3. The lowest BCUT2D eigenvalue weighted by Gasteiger charge is -2.11. The van der Waals surface area contributed by atoms with Crippen LogP contribution in [0, 0.1) is 0 Å². The van der Waals surface area contributed by atoms with Crippen molar-refractivity contribution < 1.29 is 23.0 Å². The fourth-order valence-electron chi connectivity index (χ4n) is 2.84. The molecule has 1 N–H and O–H groups in total. The number of benzene rings is 2. The molecule has 0 aliphatic carbocycles. The van der Waals surface area contributed by atoms with Gasteiger partial charge in [-0.2, -0.15) is 13.2 Å². The summed E-state index contributed by atoms with van der Waals surface area (Å²) >= 11 is 1.43. The Hall–Kier alpha value is -2.45. The molecule has 3 rings (SSSR count). The van der Waals surface area contributed by atoms with Gasteiger partial charge in [-0.3, -0.25) is 0 Å². The molecule has 0 fully saturated rings. The number of aromatic nitrogens is 2. The molecule has 4 nitrogen and oxygen atoms in total. The second-order valence-electron chi connectivity index (χ2n) is 6.42. The fraction of sp³-hybridized carbons (Fsp3) is 0.286. The molecule has 0 saturated carbocycles. The van der Waals surface area contributed by atoms with Gasteiger partial charge in [0.15, 0.2) is 5.16 Å². The Bertz CT molecular complexity index is 923. The predicted octanol–water partition coefficient (Wildman–Crippen LogP) is 4.94. The summed E-state index contributed by atoms with van der Waals surface area (Å²) in [4.78, 5) is 4.36. The van der Waals surface area contributed by atoms with Gasteiger partial charge in [0.1, 0.15) is 5.75 Å². The van der Waals surface area contributed by atoms with E-state index in [1.807, 2.05) is 28.8 Å². The third-order valence-corrected chi connectivity index (χ3v) is 5.56. The monoisotopic (exact) mass is 422 g/mol. The van der Waals surface area contributed by atoms with Gasteiger partial charge >= 0.3 is 6.18 Å². The zero-order chi connectivity index (χ0) is 20.9. The molecule has 0 radical (unpaired) electrons. The number of hydrogen-bond acceptors (Lipinski definition) is 4. The van der Waals surface area contributed by atoms with Crippen molar-refractivity contribution in [2.24, 2.45) is 0 Å². The topological polar surface area (TPSA) is 47.3 Å². The van der Waals surface area contributed by atoms with E-state index in [-0.39, 0.29) is 6.61 Å². The first-order valence-electron chi connectivity index (χ1n) is 8.98. The number of thioether (sulfide) groups is 1. The first kappa shape index (κ1) is 21.3. The maximum atomic E-state index is 12.7. The molecule has 1 aromatic heterocycles.